The second kappa shape index (κ2) is 12.9. The van der Waals surface area contributed by atoms with Crippen LogP contribution in [0.3, 0.4) is 0 Å². The Balaban J connectivity index is 1.10. The van der Waals surface area contributed by atoms with Gasteiger partial charge in [-0.2, -0.15) is 0 Å². The van der Waals surface area contributed by atoms with Gasteiger partial charge in [-0.15, -0.1) is 11.3 Å². The standard InChI is InChI=1S/C52H34N2S/c1-3-13-35(14-4-1)36-25-28-42(29-26-36)53(48-22-12-24-51-52(48)44-21-9-10-23-50(44)55-51)43-20-11-17-37(31-43)40-27-30-47-45(33-40)46-32-38-15-7-8-16-39(38)34-49(46)54(47)41-18-5-2-6-19-41/h1-34H. The van der Waals surface area contributed by atoms with Crippen molar-refractivity contribution in [2.24, 2.45) is 0 Å². The van der Waals surface area contributed by atoms with Gasteiger partial charge in [-0.1, -0.05) is 127 Å². The van der Waals surface area contributed by atoms with E-state index >= 15 is 0 Å². The third kappa shape index (κ3) is 5.32. The van der Waals surface area contributed by atoms with E-state index in [2.05, 4.69) is 216 Å². The zero-order valence-corrected chi connectivity index (χ0v) is 30.7. The number of fused-ring (bicyclic) bond motifs is 7. The number of thiophene rings is 1. The normalized spacial score (nSPS) is 11.6. The first kappa shape index (κ1) is 31.6. The highest BCUT2D eigenvalue weighted by atomic mass is 32.1. The SMILES string of the molecule is c1ccc(-c2ccc(N(c3cccc(-c4ccc5c(c4)c4cc6ccccc6cc4n5-c4ccccc4)c3)c3cccc4sc5ccccc5c34)cc2)cc1. The monoisotopic (exact) mass is 718 g/mol. The third-order valence-corrected chi connectivity index (χ3v) is 12.1. The van der Waals surface area contributed by atoms with Crippen LogP contribution in [0.15, 0.2) is 206 Å². The van der Waals surface area contributed by atoms with Crippen molar-refractivity contribution in [3.8, 4) is 27.9 Å². The fourth-order valence-corrected chi connectivity index (χ4v) is 9.49. The van der Waals surface area contributed by atoms with E-state index in [1.165, 1.54) is 80.7 Å². The summed E-state index contributed by atoms with van der Waals surface area (Å²) in [5.74, 6) is 0. The molecule has 0 N–H and O–H groups in total. The van der Waals surface area contributed by atoms with Crippen molar-refractivity contribution < 1.29 is 0 Å². The predicted molar refractivity (Wildman–Crippen MR) is 237 cm³/mol. The molecule has 2 heterocycles. The predicted octanol–water partition coefficient (Wildman–Crippen LogP) is 15.1. The summed E-state index contributed by atoms with van der Waals surface area (Å²) in [6, 6.07) is 75.2. The molecular weight excluding hydrogens is 685 g/mol. The zero-order valence-electron chi connectivity index (χ0n) is 29.9. The van der Waals surface area contributed by atoms with E-state index in [4.69, 9.17) is 0 Å². The quantitative estimate of drug-likeness (QED) is 0.166. The second-order valence-corrected chi connectivity index (χ2v) is 15.3. The summed E-state index contributed by atoms with van der Waals surface area (Å²) < 4.78 is 4.99. The Morgan fingerprint density at radius 2 is 0.982 bits per heavy atom. The largest absolute Gasteiger partial charge is 0.310 e. The molecule has 0 amide bonds. The van der Waals surface area contributed by atoms with Gasteiger partial charge in [0.25, 0.3) is 0 Å². The molecule has 0 aliphatic rings. The maximum absolute atomic E-state index is 2.44. The minimum atomic E-state index is 1.12. The summed E-state index contributed by atoms with van der Waals surface area (Å²) in [7, 11) is 0. The van der Waals surface area contributed by atoms with E-state index in [1.807, 2.05) is 11.3 Å². The summed E-state index contributed by atoms with van der Waals surface area (Å²) in [5.41, 5.74) is 11.8. The lowest BCUT2D eigenvalue weighted by Gasteiger charge is -2.27. The van der Waals surface area contributed by atoms with Crippen molar-refractivity contribution >= 4 is 81.1 Å². The lowest BCUT2D eigenvalue weighted by molar-refractivity contribution is 1.18. The van der Waals surface area contributed by atoms with Crippen LogP contribution in [0.25, 0.3) is 80.7 Å². The third-order valence-electron chi connectivity index (χ3n) is 10.9. The number of aromatic nitrogens is 1. The molecule has 0 fully saturated rings. The summed E-state index contributed by atoms with van der Waals surface area (Å²) in [5, 5.41) is 7.56. The number of anilines is 3. The van der Waals surface area contributed by atoms with Gasteiger partial charge in [0, 0.05) is 48.0 Å². The summed E-state index contributed by atoms with van der Waals surface area (Å²) in [4.78, 5) is 2.44. The zero-order chi connectivity index (χ0) is 36.3. The van der Waals surface area contributed by atoms with Gasteiger partial charge in [-0.3, -0.25) is 0 Å². The molecule has 11 aromatic rings. The van der Waals surface area contributed by atoms with Crippen LogP contribution in [-0.4, -0.2) is 4.57 Å². The molecule has 3 heteroatoms. The smallest absolute Gasteiger partial charge is 0.0554 e. The Bertz CT molecular complexity index is 3190. The summed E-state index contributed by atoms with van der Waals surface area (Å²) in [6.07, 6.45) is 0. The molecule has 9 aromatic carbocycles. The molecule has 2 nitrogen and oxygen atoms in total. The number of nitrogens with zero attached hydrogens (tertiary/aromatic N) is 2. The maximum atomic E-state index is 2.44. The van der Waals surface area contributed by atoms with Gasteiger partial charge in [0.05, 0.1) is 16.7 Å². The van der Waals surface area contributed by atoms with Gasteiger partial charge >= 0.3 is 0 Å². The molecule has 258 valence electrons. The van der Waals surface area contributed by atoms with Crippen molar-refractivity contribution in [1.29, 1.82) is 0 Å². The highest BCUT2D eigenvalue weighted by Gasteiger charge is 2.20. The molecule has 0 spiro atoms. The molecule has 0 aliphatic heterocycles. The molecule has 0 unspecified atom stereocenters. The second-order valence-electron chi connectivity index (χ2n) is 14.2. The van der Waals surface area contributed by atoms with Gasteiger partial charge in [-0.25, -0.2) is 0 Å². The Kier molecular flexibility index (Phi) is 7.39. The van der Waals surface area contributed by atoms with Gasteiger partial charge in [0.1, 0.15) is 0 Å². The molecular formula is C52H34N2S. The number of rotatable bonds is 6. The number of hydrogen-bond acceptors (Lipinski definition) is 2. The first-order valence-corrected chi connectivity index (χ1v) is 19.6. The first-order valence-electron chi connectivity index (χ1n) is 18.8. The molecule has 2 aromatic heterocycles. The molecule has 55 heavy (non-hydrogen) atoms. The molecule has 0 atom stereocenters. The van der Waals surface area contributed by atoms with Crippen molar-refractivity contribution in [1.82, 2.24) is 4.57 Å². The van der Waals surface area contributed by atoms with E-state index in [0.717, 1.165) is 17.1 Å². The molecule has 0 saturated carbocycles. The average molecular weight is 719 g/mol. The van der Waals surface area contributed by atoms with Crippen LogP contribution >= 0.6 is 11.3 Å². The molecule has 0 bridgehead atoms. The summed E-state index contributed by atoms with van der Waals surface area (Å²) in [6.45, 7) is 0. The number of para-hydroxylation sites is 1. The fraction of sp³-hybridized carbons (Fsp3) is 0. The lowest BCUT2D eigenvalue weighted by Crippen LogP contribution is -2.10. The average Bonchev–Trinajstić information content (AvgIpc) is 3.79. The highest BCUT2D eigenvalue weighted by molar-refractivity contribution is 7.26. The van der Waals surface area contributed by atoms with Crippen LogP contribution in [0.4, 0.5) is 17.1 Å². The van der Waals surface area contributed by atoms with Crippen LogP contribution in [0.2, 0.25) is 0 Å². The van der Waals surface area contributed by atoms with E-state index in [9.17, 15) is 0 Å². The van der Waals surface area contributed by atoms with Gasteiger partial charge in [0.2, 0.25) is 0 Å². The maximum Gasteiger partial charge on any atom is 0.0554 e. The minimum Gasteiger partial charge on any atom is -0.310 e. The number of hydrogen-bond donors (Lipinski definition) is 0. The fourth-order valence-electron chi connectivity index (χ4n) is 8.37. The van der Waals surface area contributed by atoms with Gasteiger partial charge in [0.15, 0.2) is 0 Å². The molecule has 11 rings (SSSR count). The summed E-state index contributed by atoms with van der Waals surface area (Å²) >= 11 is 1.86. The van der Waals surface area contributed by atoms with Crippen LogP contribution in [0.5, 0.6) is 0 Å². The van der Waals surface area contributed by atoms with Crippen LogP contribution in [-0.2, 0) is 0 Å². The van der Waals surface area contributed by atoms with Crippen LogP contribution < -0.4 is 4.90 Å². The first-order chi connectivity index (χ1) is 27.3. The number of benzene rings is 9. The Morgan fingerprint density at radius 1 is 0.364 bits per heavy atom. The van der Waals surface area contributed by atoms with Crippen molar-refractivity contribution in [2.75, 3.05) is 4.90 Å². The van der Waals surface area contributed by atoms with Gasteiger partial charge < -0.3 is 9.47 Å². The van der Waals surface area contributed by atoms with Gasteiger partial charge in [-0.05, 0) is 112 Å². The van der Waals surface area contributed by atoms with Crippen molar-refractivity contribution in [2.45, 2.75) is 0 Å². The van der Waals surface area contributed by atoms with E-state index in [0.29, 0.717) is 0 Å². The molecule has 0 radical (unpaired) electrons. The molecule has 0 aliphatic carbocycles. The van der Waals surface area contributed by atoms with E-state index < -0.39 is 0 Å². The van der Waals surface area contributed by atoms with Crippen molar-refractivity contribution in [3.63, 3.8) is 0 Å². The Labute approximate surface area is 323 Å². The Hall–Kier alpha value is -6.94. The van der Waals surface area contributed by atoms with E-state index in [-0.39, 0.29) is 0 Å². The van der Waals surface area contributed by atoms with Crippen molar-refractivity contribution in [3.05, 3.63) is 206 Å². The van der Waals surface area contributed by atoms with Crippen LogP contribution in [0.1, 0.15) is 0 Å². The lowest BCUT2D eigenvalue weighted by atomic mass is 10.00. The minimum absolute atomic E-state index is 1.12. The Morgan fingerprint density at radius 3 is 1.82 bits per heavy atom. The molecule has 0 saturated heterocycles. The van der Waals surface area contributed by atoms with E-state index in [1.54, 1.807) is 0 Å². The topological polar surface area (TPSA) is 8.17 Å². The highest BCUT2D eigenvalue weighted by Crippen LogP contribution is 2.46. The van der Waals surface area contributed by atoms with Crippen LogP contribution in [0, 0.1) is 0 Å².